The minimum Gasteiger partial charge on any atom is -0.309 e. The highest BCUT2D eigenvalue weighted by Gasteiger charge is 1.99. The first-order valence-corrected chi connectivity index (χ1v) is 9.30. The minimum absolute atomic E-state index is 0.735. The van der Waals surface area contributed by atoms with Crippen LogP contribution in [0.25, 0.3) is 0 Å². The van der Waals surface area contributed by atoms with Crippen molar-refractivity contribution in [1.82, 2.24) is 20.1 Å². The first-order valence-electron chi connectivity index (χ1n) is 7.74. The zero-order valence-electron chi connectivity index (χ0n) is 13.6. The van der Waals surface area contributed by atoms with Gasteiger partial charge in [-0.3, -0.25) is 4.21 Å². The molecule has 124 valence electrons. The van der Waals surface area contributed by atoms with Crippen molar-refractivity contribution in [2.45, 2.75) is 24.5 Å². The van der Waals surface area contributed by atoms with Crippen LogP contribution in [0, 0.1) is 0 Å². The van der Waals surface area contributed by atoms with Crippen LogP contribution in [-0.4, -0.2) is 25.2 Å². The molecule has 2 aromatic carbocycles. The summed E-state index contributed by atoms with van der Waals surface area (Å²) >= 11 is 0. The Bertz CT molecular complexity index is 783. The Morgan fingerprint density at radius 2 is 1.54 bits per heavy atom. The van der Waals surface area contributed by atoms with Gasteiger partial charge in [-0.25, -0.2) is 9.67 Å². The van der Waals surface area contributed by atoms with E-state index in [4.69, 9.17) is 0 Å². The van der Waals surface area contributed by atoms with Crippen LogP contribution in [-0.2, 0) is 30.4 Å². The number of nitrogens with one attached hydrogen (secondary N) is 1. The van der Waals surface area contributed by atoms with E-state index >= 15 is 0 Å². The van der Waals surface area contributed by atoms with Gasteiger partial charge in [-0.1, -0.05) is 36.4 Å². The van der Waals surface area contributed by atoms with Crippen molar-refractivity contribution >= 4 is 10.8 Å². The standard InChI is InChI=1S/C18H20N4OS/c1-24(23)18-8-6-16(7-9-18)11-19-10-15-2-4-17(5-3-15)12-22-14-20-13-21-22/h2-9,13-14,19H,10-12H2,1H3. The third-order valence-corrected chi connectivity index (χ3v) is 4.68. The fourth-order valence-corrected chi connectivity index (χ4v) is 2.93. The summed E-state index contributed by atoms with van der Waals surface area (Å²) in [6, 6.07) is 16.4. The molecule has 5 nitrogen and oxygen atoms in total. The summed E-state index contributed by atoms with van der Waals surface area (Å²) in [4.78, 5) is 4.81. The zero-order valence-corrected chi connectivity index (χ0v) is 14.4. The van der Waals surface area contributed by atoms with E-state index in [0.29, 0.717) is 0 Å². The van der Waals surface area contributed by atoms with E-state index in [9.17, 15) is 4.21 Å². The summed E-state index contributed by atoms with van der Waals surface area (Å²) in [6.07, 6.45) is 4.96. The molecule has 1 N–H and O–H groups in total. The Hall–Kier alpha value is -2.31. The maximum Gasteiger partial charge on any atom is 0.137 e. The van der Waals surface area contributed by atoms with Crippen LogP contribution in [0.15, 0.2) is 66.1 Å². The monoisotopic (exact) mass is 340 g/mol. The van der Waals surface area contributed by atoms with Crippen LogP contribution in [0.5, 0.6) is 0 Å². The Balaban J connectivity index is 1.48. The average Bonchev–Trinajstić information content (AvgIpc) is 3.10. The Morgan fingerprint density at radius 1 is 0.958 bits per heavy atom. The van der Waals surface area contributed by atoms with E-state index in [0.717, 1.165) is 24.5 Å². The van der Waals surface area contributed by atoms with Gasteiger partial charge in [-0.05, 0) is 28.8 Å². The molecule has 0 saturated carbocycles. The smallest absolute Gasteiger partial charge is 0.137 e. The second kappa shape index (κ2) is 7.99. The van der Waals surface area contributed by atoms with Crippen molar-refractivity contribution in [2.24, 2.45) is 0 Å². The van der Waals surface area contributed by atoms with Gasteiger partial charge in [0.05, 0.1) is 6.54 Å². The molecule has 0 aliphatic heterocycles. The summed E-state index contributed by atoms with van der Waals surface area (Å²) < 4.78 is 13.2. The molecule has 3 aromatic rings. The number of hydrogen-bond donors (Lipinski definition) is 1. The molecule has 0 bridgehead atoms. The highest BCUT2D eigenvalue weighted by molar-refractivity contribution is 7.84. The summed E-state index contributed by atoms with van der Waals surface area (Å²) in [5.74, 6) is 0. The third-order valence-electron chi connectivity index (χ3n) is 3.75. The number of hydrogen-bond acceptors (Lipinski definition) is 4. The third kappa shape index (κ3) is 4.59. The lowest BCUT2D eigenvalue weighted by Crippen LogP contribution is -2.12. The lowest BCUT2D eigenvalue weighted by atomic mass is 10.1. The van der Waals surface area contributed by atoms with Gasteiger partial charge in [0.25, 0.3) is 0 Å². The molecule has 3 rings (SSSR count). The number of nitrogens with zero attached hydrogens (tertiary/aromatic N) is 3. The van der Waals surface area contributed by atoms with Gasteiger partial charge < -0.3 is 5.32 Å². The lowest BCUT2D eigenvalue weighted by molar-refractivity contribution is 0.680. The Morgan fingerprint density at radius 3 is 2.08 bits per heavy atom. The van der Waals surface area contributed by atoms with Gasteiger partial charge in [0, 0.05) is 35.0 Å². The SMILES string of the molecule is CS(=O)c1ccc(CNCc2ccc(Cn3cncn3)cc2)cc1. The molecule has 0 fully saturated rings. The topological polar surface area (TPSA) is 59.8 Å². The van der Waals surface area contributed by atoms with E-state index in [1.54, 1.807) is 23.6 Å². The second-order valence-electron chi connectivity index (χ2n) is 5.61. The van der Waals surface area contributed by atoms with Crippen molar-refractivity contribution in [3.05, 3.63) is 77.9 Å². The molecule has 0 aliphatic carbocycles. The molecule has 1 unspecified atom stereocenters. The van der Waals surface area contributed by atoms with E-state index in [1.165, 1.54) is 16.7 Å². The first kappa shape index (κ1) is 16.5. The predicted molar refractivity (Wildman–Crippen MR) is 94.9 cm³/mol. The maximum atomic E-state index is 11.4. The molecule has 0 radical (unpaired) electrons. The molecule has 0 amide bonds. The number of rotatable bonds is 7. The summed E-state index contributed by atoms with van der Waals surface area (Å²) in [5.41, 5.74) is 3.63. The van der Waals surface area contributed by atoms with Crippen molar-refractivity contribution < 1.29 is 4.21 Å². The van der Waals surface area contributed by atoms with Crippen molar-refractivity contribution in [3.63, 3.8) is 0 Å². The fraction of sp³-hybridized carbons (Fsp3) is 0.222. The molecular weight excluding hydrogens is 320 g/mol. The molecule has 6 heteroatoms. The van der Waals surface area contributed by atoms with Gasteiger partial charge in [0.15, 0.2) is 0 Å². The maximum absolute atomic E-state index is 11.4. The van der Waals surface area contributed by atoms with Crippen LogP contribution in [0.3, 0.4) is 0 Å². The van der Waals surface area contributed by atoms with Gasteiger partial charge >= 0.3 is 0 Å². The molecule has 0 aliphatic rings. The van der Waals surface area contributed by atoms with Gasteiger partial charge in [-0.2, -0.15) is 5.10 Å². The fourth-order valence-electron chi connectivity index (χ4n) is 2.41. The Labute approximate surface area is 144 Å². The number of aromatic nitrogens is 3. The molecule has 24 heavy (non-hydrogen) atoms. The molecule has 0 saturated heterocycles. The normalized spacial score (nSPS) is 12.2. The van der Waals surface area contributed by atoms with Gasteiger partial charge in [-0.15, -0.1) is 0 Å². The van der Waals surface area contributed by atoms with E-state index in [1.807, 2.05) is 24.3 Å². The summed E-state index contributed by atoms with van der Waals surface area (Å²) in [5, 5.41) is 7.54. The quantitative estimate of drug-likeness (QED) is 0.717. The molecule has 1 heterocycles. The highest BCUT2D eigenvalue weighted by Crippen LogP contribution is 2.09. The van der Waals surface area contributed by atoms with Gasteiger partial charge in [0.1, 0.15) is 12.7 Å². The van der Waals surface area contributed by atoms with E-state index in [2.05, 4.69) is 39.7 Å². The van der Waals surface area contributed by atoms with Crippen LogP contribution in [0.1, 0.15) is 16.7 Å². The van der Waals surface area contributed by atoms with Crippen LogP contribution in [0.4, 0.5) is 0 Å². The molecule has 0 spiro atoms. The lowest BCUT2D eigenvalue weighted by Gasteiger charge is -2.07. The van der Waals surface area contributed by atoms with Crippen molar-refractivity contribution in [3.8, 4) is 0 Å². The van der Waals surface area contributed by atoms with E-state index in [-0.39, 0.29) is 0 Å². The molecular formula is C18H20N4OS. The first-order chi connectivity index (χ1) is 11.7. The van der Waals surface area contributed by atoms with Crippen molar-refractivity contribution in [2.75, 3.05) is 6.26 Å². The van der Waals surface area contributed by atoms with Crippen LogP contribution in [0.2, 0.25) is 0 Å². The van der Waals surface area contributed by atoms with Crippen LogP contribution < -0.4 is 5.32 Å². The summed E-state index contributed by atoms with van der Waals surface area (Å²) in [7, 11) is -0.918. The largest absolute Gasteiger partial charge is 0.309 e. The van der Waals surface area contributed by atoms with Crippen LogP contribution >= 0.6 is 0 Å². The zero-order chi connectivity index (χ0) is 16.8. The average molecular weight is 340 g/mol. The summed E-state index contributed by atoms with van der Waals surface area (Å²) in [6.45, 7) is 2.33. The number of benzene rings is 2. The molecule has 1 aromatic heterocycles. The predicted octanol–water partition coefficient (Wildman–Crippen LogP) is 2.35. The second-order valence-corrected chi connectivity index (χ2v) is 6.99. The Kier molecular flexibility index (Phi) is 5.51. The molecule has 1 atom stereocenters. The minimum atomic E-state index is -0.918. The highest BCUT2D eigenvalue weighted by atomic mass is 32.2. The van der Waals surface area contributed by atoms with Gasteiger partial charge in [0.2, 0.25) is 0 Å². The van der Waals surface area contributed by atoms with E-state index < -0.39 is 10.8 Å². The van der Waals surface area contributed by atoms with Crippen molar-refractivity contribution in [1.29, 1.82) is 0 Å².